The van der Waals surface area contributed by atoms with Crippen LogP contribution in [0, 0.1) is 5.92 Å². The number of carbonyl (C=O) groups is 1. The van der Waals surface area contributed by atoms with Crippen LogP contribution < -0.4 is 9.64 Å². The Labute approximate surface area is 232 Å². The number of phosphoric ester groups is 1. The second kappa shape index (κ2) is 21.6. The Kier molecular flexibility index (Phi) is 19.7. The molecule has 1 aromatic rings. The minimum atomic E-state index is -4.15. The maximum atomic E-state index is 12.2. The third kappa shape index (κ3) is 19.8. The zero-order chi connectivity index (χ0) is 28.1. The number of nitrogens with one attached hydrogen (secondary N) is 1. The fraction of sp³-hybridized carbons (Fsp3) is 0.767. The minimum Gasteiger partial charge on any atom is -0.494 e. The molecule has 38 heavy (non-hydrogen) atoms. The standard InChI is InChI=1S/C30H54NO6P/c1-5-6-7-8-9-10-11-12-13-14-15-21-35-30-19-16-18-28(25-30)24-29(23-27(2)32)26-37-38(33,34)36-22-17-20-31(3)4/h16,18-19,25,29H,5-15,17,20-24,26H2,1-4H3,(H,33,34)/p+1. The van der Waals surface area contributed by atoms with Crippen LogP contribution in [0.5, 0.6) is 5.75 Å². The average Bonchev–Trinajstić information content (AvgIpc) is 2.86. The first-order valence-electron chi connectivity index (χ1n) is 14.8. The molecule has 2 unspecified atom stereocenters. The summed E-state index contributed by atoms with van der Waals surface area (Å²) in [7, 11) is -0.118. The molecule has 0 aromatic heterocycles. The Hall–Kier alpha value is -1.24. The molecule has 2 N–H and O–H groups in total. The van der Waals surface area contributed by atoms with Crippen LogP contribution in [-0.4, -0.2) is 51.1 Å². The largest absolute Gasteiger partial charge is 0.494 e. The van der Waals surface area contributed by atoms with E-state index in [2.05, 4.69) is 6.92 Å². The lowest BCUT2D eigenvalue weighted by molar-refractivity contribution is -0.858. The summed E-state index contributed by atoms with van der Waals surface area (Å²) in [6, 6.07) is 7.87. The summed E-state index contributed by atoms with van der Waals surface area (Å²) in [4.78, 5) is 23.1. The van der Waals surface area contributed by atoms with Crippen molar-refractivity contribution in [3.05, 3.63) is 29.8 Å². The normalized spacial score (nSPS) is 13.9. The van der Waals surface area contributed by atoms with Crippen LogP contribution >= 0.6 is 7.82 Å². The van der Waals surface area contributed by atoms with E-state index in [1.165, 1.54) is 76.0 Å². The Morgan fingerprint density at radius 1 is 0.921 bits per heavy atom. The molecule has 0 radical (unpaired) electrons. The molecule has 0 bridgehead atoms. The van der Waals surface area contributed by atoms with Gasteiger partial charge in [-0.1, -0.05) is 83.3 Å². The Bertz CT molecular complexity index is 788. The Morgan fingerprint density at radius 3 is 2.16 bits per heavy atom. The van der Waals surface area contributed by atoms with E-state index < -0.39 is 7.82 Å². The number of quaternary nitrogens is 1. The first-order chi connectivity index (χ1) is 18.2. The highest BCUT2D eigenvalue weighted by Gasteiger charge is 2.24. The molecule has 0 aliphatic rings. The molecule has 1 aromatic carbocycles. The third-order valence-electron chi connectivity index (χ3n) is 6.56. The van der Waals surface area contributed by atoms with Crippen LogP contribution in [0.3, 0.4) is 0 Å². The van der Waals surface area contributed by atoms with Crippen molar-refractivity contribution >= 4 is 13.6 Å². The molecule has 0 saturated heterocycles. The molecule has 1 rings (SSSR count). The van der Waals surface area contributed by atoms with Gasteiger partial charge in [0.05, 0.1) is 40.5 Å². The lowest BCUT2D eigenvalue weighted by Gasteiger charge is -2.19. The number of rotatable bonds is 25. The SMILES string of the molecule is CCCCCCCCCCCCCOc1cccc(CC(COP(=O)(O)OCCC[NH+](C)C)CC(C)=O)c1. The molecule has 0 aliphatic heterocycles. The summed E-state index contributed by atoms with van der Waals surface area (Å²) in [5.74, 6) is 0.617. The van der Waals surface area contributed by atoms with E-state index in [0.29, 0.717) is 19.4 Å². The number of benzene rings is 1. The topological polar surface area (TPSA) is 86.5 Å². The van der Waals surface area contributed by atoms with Gasteiger partial charge in [0.2, 0.25) is 0 Å². The van der Waals surface area contributed by atoms with Gasteiger partial charge < -0.3 is 19.3 Å². The van der Waals surface area contributed by atoms with Crippen LogP contribution in [0.2, 0.25) is 0 Å². The number of unbranched alkanes of at least 4 members (excludes halogenated alkanes) is 10. The Morgan fingerprint density at radius 2 is 1.55 bits per heavy atom. The van der Waals surface area contributed by atoms with Crippen LogP contribution in [0.4, 0.5) is 0 Å². The molecular weight excluding hydrogens is 501 g/mol. The first kappa shape index (κ1) is 34.8. The van der Waals surface area contributed by atoms with E-state index in [1.54, 1.807) is 0 Å². The van der Waals surface area contributed by atoms with Crippen molar-refractivity contribution in [2.24, 2.45) is 5.92 Å². The van der Waals surface area contributed by atoms with Crippen molar-refractivity contribution in [3.63, 3.8) is 0 Å². The van der Waals surface area contributed by atoms with E-state index in [4.69, 9.17) is 13.8 Å². The quantitative estimate of drug-likeness (QED) is 0.110. The average molecular weight is 557 g/mol. The highest BCUT2D eigenvalue weighted by atomic mass is 31.2. The van der Waals surface area contributed by atoms with Crippen LogP contribution in [0.15, 0.2) is 24.3 Å². The zero-order valence-electron chi connectivity index (χ0n) is 24.6. The van der Waals surface area contributed by atoms with Gasteiger partial charge in [-0.05, 0) is 43.4 Å². The van der Waals surface area contributed by atoms with E-state index in [9.17, 15) is 14.3 Å². The van der Waals surface area contributed by atoms with Crippen molar-refractivity contribution in [2.45, 2.75) is 104 Å². The maximum Gasteiger partial charge on any atom is 0.472 e. The summed E-state index contributed by atoms with van der Waals surface area (Å²) in [5, 5.41) is 0. The number of Topliss-reactive ketones (excluding diaryl/α,β-unsaturated/α-hetero) is 1. The van der Waals surface area contributed by atoms with E-state index >= 15 is 0 Å². The lowest BCUT2D eigenvalue weighted by atomic mass is 9.95. The van der Waals surface area contributed by atoms with Crippen molar-refractivity contribution in [1.29, 1.82) is 0 Å². The van der Waals surface area contributed by atoms with Crippen LogP contribution in [-0.2, 0) is 24.8 Å². The predicted octanol–water partition coefficient (Wildman–Crippen LogP) is 6.18. The molecular formula is C30H55NO6P+. The molecule has 0 saturated carbocycles. The van der Waals surface area contributed by atoms with Crippen LogP contribution in [0.1, 0.15) is 103 Å². The van der Waals surface area contributed by atoms with Gasteiger partial charge in [0.25, 0.3) is 0 Å². The van der Waals surface area contributed by atoms with Crippen molar-refractivity contribution in [3.8, 4) is 5.75 Å². The molecule has 0 aliphatic carbocycles. The van der Waals surface area contributed by atoms with Gasteiger partial charge in [-0.3, -0.25) is 9.05 Å². The number of ether oxygens (including phenoxy) is 1. The van der Waals surface area contributed by atoms with Gasteiger partial charge >= 0.3 is 7.82 Å². The molecule has 7 nitrogen and oxygen atoms in total. The van der Waals surface area contributed by atoms with Gasteiger partial charge in [0, 0.05) is 12.8 Å². The van der Waals surface area contributed by atoms with Gasteiger partial charge in [-0.15, -0.1) is 0 Å². The molecule has 220 valence electrons. The second-order valence-electron chi connectivity index (χ2n) is 10.9. The van der Waals surface area contributed by atoms with Gasteiger partial charge in [-0.25, -0.2) is 4.57 Å². The van der Waals surface area contributed by atoms with Gasteiger partial charge in [-0.2, -0.15) is 0 Å². The number of hydrogen-bond donors (Lipinski definition) is 2. The molecule has 0 heterocycles. The Balaban J connectivity index is 2.35. The highest BCUT2D eigenvalue weighted by Crippen LogP contribution is 2.44. The fourth-order valence-corrected chi connectivity index (χ4v) is 5.32. The summed E-state index contributed by atoms with van der Waals surface area (Å²) in [5.41, 5.74) is 1.01. The predicted molar refractivity (Wildman–Crippen MR) is 155 cm³/mol. The van der Waals surface area contributed by atoms with E-state index in [-0.39, 0.29) is 31.3 Å². The summed E-state index contributed by atoms with van der Waals surface area (Å²) in [6.45, 7) is 5.46. The maximum absolute atomic E-state index is 12.2. The number of phosphoric acid groups is 1. The third-order valence-corrected chi connectivity index (χ3v) is 7.55. The molecule has 0 amide bonds. The number of ketones is 1. The minimum absolute atomic E-state index is 0.0177. The van der Waals surface area contributed by atoms with E-state index in [1.807, 2.05) is 38.4 Å². The van der Waals surface area contributed by atoms with Crippen molar-refractivity contribution in [1.82, 2.24) is 0 Å². The van der Waals surface area contributed by atoms with Crippen molar-refractivity contribution < 1.29 is 32.9 Å². The lowest BCUT2D eigenvalue weighted by Crippen LogP contribution is -3.05. The smallest absolute Gasteiger partial charge is 0.472 e. The monoisotopic (exact) mass is 556 g/mol. The molecule has 0 fully saturated rings. The second-order valence-corrected chi connectivity index (χ2v) is 12.4. The van der Waals surface area contributed by atoms with Crippen LogP contribution in [0.25, 0.3) is 0 Å². The first-order valence-corrected chi connectivity index (χ1v) is 16.3. The summed E-state index contributed by atoms with van der Waals surface area (Å²) >= 11 is 0. The highest BCUT2D eigenvalue weighted by molar-refractivity contribution is 7.47. The molecule has 8 heteroatoms. The van der Waals surface area contributed by atoms with E-state index in [0.717, 1.165) is 24.3 Å². The zero-order valence-corrected chi connectivity index (χ0v) is 25.4. The summed E-state index contributed by atoms with van der Waals surface area (Å²) in [6.07, 6.45) is 15.8. The number of carbonyl (C=O) groups excluding carboxylic acids is 1. The molecule has 0 spiro atoms. The van der Waals surface area contributed by atoms with Crippen molar-refractivity contribution in [2.75, 3.05) is 40.5 Å². The number of hydrogen-bond acceptors (Lipinski definition) is 5. The van der Waals surface area contributed by atoms with Gasteiger partial charge in [0.1, 0.15) is 11.5 Å². The molecule has 2 atom stereocenters. The van der Waals surface area contributed by atoms with Gasteiger partial charge in [0.15, 0.2) is 0 Å². The summed E-state index contributed by atoms with van der Waals surface area (Å²) < 4.78 is 28.6. The fourth-order valence-electron chi connectivity index (χ4n) is 4.49.